The first-order valence-corrected chi connectivity index (χ1v) is 6.85. The smallest absolute Gasteiger partial charge is 0.0936 e. The van der Waals surface area contributed by atoms with Gasteiger partial charge in [0.2, 0.25) is 0 Å². The number of nitrogens with zero attached hydrogens (tertiary/aromatic N) is 1. The molecule has 2 saturated heterocycles. The van der Waals surface area contributed by atoms with Gasteiger partial charge in [0, 0.05) is 38.3 Å². The van der Waals surface area contributed by atoms with Gasteiger partial charge in [0.15, 0.2) is 0 Å². The molecule has 0 aliphatic carbocycles. The lowest BCUT2D eigenvalue weighted by Gasteiger charge is -2.43. The van der Waals surface area contributed by atoms with Crippen LogP contribution < -0.4 is 0 Å². The molecule has 5 heteroatoms. The van der Waals surface area contributed by atoms with E-state index in [-0.39, 0.29) is 30.8 Å². The van der Waals surface area contributed by atoms with Crippen molar-refractivity contribution in [3.8, 4) is 0 Å². The summed E-state index contributed by atoms with van der Waals surface area (Å²) in [5, 5.41) is 18.9. The molecule has 2 aliphatic rings. The minimum absolute atomic E-state index is 0.0324. The minimum Gasteiger partial charge on any atom is -0.396 e. The van der Waals surface area contributed by atoms with E-state index in [0.717, 1.165) is 45.7 Å². The SMILES string of the molecule is CC1CN(CC2(CO)CCOCC2)CC(CO)O1. The number of aliphatic hydroxyl groups excluding tert-OH is 2. The van der Waals surface area contributed by atoms with Crippen LogP contribution in [-0.2, 0) is 9.47 Å². The van der Waals surface area contributed by atoms with Gasteiger partial charge in [-0.3, -0.25) is 4.90 Å². The molecule has 0 radical (unpaired) electrons. The Bertz CT molecular complexity index is 255. The second-order valence-electron chi connectivity index (χ2n) is 5.72. The van der Waals surface area contributed by atoms with Gasteiger partial charge in [0.25, 0.3) is 0 Å². The van der Waals surface area contributed by atoms with E-state index in [0.29, 0.717) is 0 Å². The van der Waals surface area contributed by atoms with Crippen molar-refractivity contribution >= 4 is 0 Å². The maximum Gasteiger partial charge on any atom is 0.0936 e. The summed E-state index contributed by atoms with van der Waals surface area (Å²) < 4.78 is 11.0. The molecule has 2 fully saturated rings. The Labute approximate surface area is 109 Å². The monoisotopic (exact) mass is 259 g/mol. The van der Waals surface area contributed by atoms with Gasteiger partial charge in [0.1, 0.15) is 0 Å². The van der Waals surface area contributed by atoms with Gasteiger partial charge in [0.05, 0.1) is 25.4 Å². The summed E-state index contributed by atoms with van der Waals surface area (Å²) in [6.45, 7) is 6.29. The Morgan fingerprint density at radius 2 is 1.94 bits per heavy atom. The highest BCUT2D eigenvalue weighted by Gasteiger charge is 2.36. The average molecular weight is 259 g/mol. The maximum atomic E-state index is 9.70. The number of hydrogen-bond acceptors (Lipinski definition) is 5. The van der Waals surface area contributed by atoms with E-state index in [1.165, 1.54) is 0 Å². The Balaban J connectivity index is 1.93. The van der Waals surface area contributed by atoms with E-state index in [1.54, 1.807) is 0 Å². The highest BCUT2D eigenvalue weighted by molar-refractivity contribution is 4.87. The number of hydrogen-bond donors (Lipinski definition) is 2. The van der Waals surface area contributed by atoms with E-state index in [2.05, 4.69) is 4.90 Å². The number of morpholine rings is 1. The van der Waals surface area contributed by atoms with Crippen LogP contribution in [0.15, 0.2) is 0 Å². The third-order valence-corrected chi connectivity index (χ3v) is 4.05. The molecule has 0 bridgehead atoms. The molecule has 5 nitrogen and oxygen atoms in total. The van der Waals surface area contributed by atoms with Gasteiger partial charge in [-0.15, -0.1) is 0 Å². The minimum atomic E-state index is -0.0932. The Morgan fingerprint density at radius 1 is 1.22 bits per heavy atom. The zero-order valence-electron chi connectivity index (χ0n) is 11.2. The highest BCUT2D eigenvalue weighted by Crippen LogP contribution is 2.31. The molecule has 106 valence electrons. The first kappa shape index (κ1) is 14.2. The standard InChI is InChI=1S/C13H25NO4/c1-11-6-14(7-12(8-15)18-11)9-13(10-16)2-4-17-5-3-13/h11-12,15-16H,2-10H2,1H3. The van der Waals surface area contributed by atoms with E-state index >= 15 is 0 Å². The predicted octanol–water partition coefficient (Wildman–Crippen LogP) is -0.143. The maximum absolute atomic E-state index is 9.70. The van der Waals surface area contributed by atoms with Crippen LogP contribution in [0.3, 0.4) is 0 Å². The van der Waals surface area contributed by atoms with Crippen LogP contribution >= 0.6 is 0 Å². The second kappa shape index (κ2) is 6.30. The third kappa shape index (κ3) is 3.42. The second-order valence-corrected chi connectivity index (χ2v) is 5.72. The summed E-state index contributed by atoms with van der Waals surface area (Å²) in [6, 6.07) is 0. The molecule has 2 unspecified atom stereocenters. The topological polar surface area (TPSA) is 62.2 Å². The number of rotatable bonds is 4. The summed E-state index contributed by atoms with van der Waals surface area (Å²) in [7, 11) is 0. The molecule has 0 saturated carbocycles. The lowest BCUT2D eigenvalue weighted by atomic mass is 9.80. The van der Waals surface area contributed by atoms with Crippen LogP contribution in [0.4, 0.5) is 0 Å². The molecule has 0 spiro atoms. The Kier molecular flexibility index (Phi) is 4.98. The molecule has 0 aromatic heterocycles. The van der Waals surface area contributed by atoms with Gasteiger partial charge < -0.3 is 19.7 Å². The highest BCUT2D eigenvalue weighted by atomic mass is 16.5. The number of aliphatic hydroxyl groups is 2. The normalized spacial score (nSPS) is 33.5. The van der Waals surface area contributed by atoms with Crippen LogP contribution in [-0.4, -0.2) is 73.4 Å². The van der Waals surface area contributed by atoms with Crippen molar-refractivity contribution in [2.45, 2.75) is 32.0 Å². The van der Waals surface area contributed by atoms with Gasteiger partial charge in [-0.05, 0) is 19.8 Å². The van der Waals surface area contributed by atoms with Crippen molar-refractivity contribution < 1.29 is 19.7 Å². The van der Waals surface area contributed by atoms with Gasteiger partial charge in [-0.25, -0.2) is 0 Å². The Morgan fingerprint density at radius 3 is 2.56 bits per heavy atom. The summed E-state index contributed by atoms with van der Waals surface area (Å²) in [4.78, 5) is 2.32. The summed E-state index contributed by atoms with van der Waals surface area (Å²) in [5.74, 6) is 0. The number of ether oxygens (including phenoxy) is 2. The molecule has 2 N–H and O–H groups in total. The van der Waals surface area contributed by atoms with Crippen LogP contribution in [0, 0.1) is 5.41 Å². The first-order valence-electron chi connectivity index (χ1n) is 6.85. The zero-order chi connectivity index (χ0) is 13.0. The van der Waals surface area contributed by atoms with Gasteiger partial charge in [-0.2, -0.15) is 0 Å². The zero-order valence-corrected chi connectivity index (χ0v) is 11.2. The van der Waals surface area contributed by atoms with E-state index in [9.17, 15) is 10.2 Å². The first-order chi connectivity index (χ1) is 8.67. The van der Waals surface area contributed by atoms with Crippen molar-refractivity contribution in [3.05, 3.63) is 0 Å². The van der Waals surface area contributed by atoms with Gasteiger partial charge >= 0.3 is 0 Å². The van der Waals surface area contributed by atoms with E-state index < -0.39 is 0 Å². The van der Waals surface area contributed by atoms with Crippen molar-refractivity contribution in [1.29, 1.82) is 0 Å². The molecule has 2 aliphatic heterocycles. The quantitative estimate of drug-likeness (QED) is 0.735. The molecule has 2 atom stereocenters. The molecule has 0 aromatic carbocycles. The van der Waals surface area contributed by atoms with Crippen LogP contribution in [0.2, 0.25) is 0 Å². The van der Waals surface area contributed by atoms with Crippen LogP contribution in [0.5, 0.6) is 0 Å². The van der Waals surface area contributed by atoms with E-state index in [4.69, 9.17) is 9.47 Å². The van der Waals surface area contributed by atoms with E-state index in [1.807, 2.05) is 6.92 Å². The van der Waals surface area contributed by atoms with Gasteiger partial charge in [-0.1, -0.05) is 0 Å². The molecular weight excluding hydrogens is 234 g/mol. The molecule has 2 rings (SSSR count). The molecular formula is C13H25NO4. The largest absolute Gasteiger partial charge is 0.396 e. The lowest BCUT2D eigenvalue weighted by molar-refractivity contribution is -0.114. The van der Waals surface area contributed by atoms with Crippen LogP contribution in [0.1, 0.15) is 19.8 Å². The molecule has 0 amide bonds. The lowest BCUT2D eigenvalue weighted by Crippen LogP contribution is -2.53. The Hall–Kier alpha value is -0.200. The summed E-state index contributed by atoms with van der Waals surface area (Å²) in [5.41, 5.74) is -0.0324. The fourth-order valence-electron chi connectivity index (χ4n) is 3.02. The average Bonchev–Trinajstić information content (AvgIpc) is 2.39. The van der Waals surface area contributed by atoms with Crippen molar-refractivity contribution in [2.75, 3.05) is 46.1 Å². The molecule has 2 heterocycles. The van der Waals surface area contributed by atoms with Crippen molar-refractivity contribution in [2.24, 2.45) is 5.41 Å². The van der Waals surface area contributed by atoms with Crippen LogP contribution in [0.25, 0.3) is 0 Å². The predicted molar refractivity (Wildman–Crippen MR) is 67.4 cm³/mol. The summed E-state index contributed by atoms with van der Waals surface area (Å²) in [6.07, 6.45) is 1.88. The van der Waals surface area contributed by atoms with Crippen molar-refractivity contribution in [1.82, 2.24) is 4.90 Å². The molecule has 0 aromatic rings. The summed E-state index contributed by atoms with van der Waals surface area (Å²) >= 11 is 0. The third-order valence-electron chi connectivity index (χ3n) is 4.05. The van der Waals surface area contributed by atoms with Crippen molar-refractivity contribution in [3.63, 3.8) is 0 Å². The fraction of sp³-hybridized carbons (Fsp3) is 1.00. The fourth-order valence-corrected chi connectivity index (χ4v) is 3.02. The molecule has 18 heavy (non-hydrogen) atoms.